The van der Waals surface area contributed by atoms with Crippen LogP contribution in [0.15, 0.2) is 0 Å². The molecule has 0 aromatic carbocycles. The fourth-order valence-electron chi connectivity index (χ4n) is 4.10. The Hall–Kier alpha value is -0.0400. The number of rotatable bonds is 3. The van der Waals surface area contributed by atoms with Crippen molar-refractivity contribution < 1.29 is 0 Å². The molecule has 0 radical (unpaired) electrons. The van der Waals surface area contributed by atoms with E-state index in [1.165, 1.54) is 57.8 Å². The third kappa shape index (κ3) is 3.73. The minimum atomic E-state index is 0.737. The Labute approximate surface area is 114 Å². The summed E-state index contributed by atoms with van der Waals surface area (Å²) in [5.41, 5.74) is 0. The topological polar surface area (TPSA) is 12.0 Å². The predicted octanol–water partition coefficient (Wildman–Crippen LogP) is 4.76. The molecule has 2 saturated carbocycles. The molecule has 0 spiro atoms. The van der Waals surface area contributed by atoms with E-state index in [1.54, 1.807) is 0 Å². The predicted molar refractivity (Wildman–Crippen MR) is 79.8 cm³/mol. The van der Waals surface area contributed by atoms with E-state index in [2.05, 4.69) is 26.1 Å². The van der Waals surface area contributed by atoms with Crippen molar-refractivity contribution in [2.24, 2.45) is 17.8 Å². The van der Waals surface area contributed by atoms with Crippen LogP contribution in [0.2, 0.25) is 0 Å². The van der Waals surface area contributed by atoms with Crippen LogP contribution < -0.4 is 5.32 Å². The molecule has 106 valence electrons. The van der Waals surface area contributed by atoms with Gasteiger partial charge in [-0.2, -0.15) is 0 Å². The van der Waals surface area contributed by atoms with Gasteiger partial charge in [0.1, 0.15) is 0 Å². The van der Waals surface area contributed by atoms with Crippen LogP contribution >= 0.6 is 0 Å². The molecule has 1 heteroatoms. The summed E-state index contributed by atoms with van der Waals surface area (Å²) in [6.07, 6.45) is 13.1. The summed E-state index contributed by atoms with van der Waals surface area (Å²) in [5, 5.41) is 4.00. The zero-order valence-electron chi connectivity index (χ0n) is 12.8. The van der Waals surface area contributed by atoms with Crippen molar-refractivity contribution in [2.45, 2.75) is 90.6 Å². The van der Waals surface area contributed by atoms with Gasteiger partial charge in [0.25, 0.3) is 0 Å². The quantitative estimate of drug-likeness (QED) is 0.713. The zero-order chi connectivity index (χ0) is 13.0. The number of hydrogen-bond acceptors (Lipinski definition) is 1. The molecule has 18 heavy (non-hydrogen) atoms. The largest absolute Gasteiger partial charge is 0.311 e. The number of nitrogens with one attached hydrogen (secondary N) is 1. The van der Waals surface area contributed by atoms with E-state index in [4.69, 9.17) is 0 Å². The lowest BCUT2D eigenvalue weighted by molar-refractivity contribution is 0.177. The molecular formula is C17H33N. The van der Waals surface area contributed by atoms with Crippen molar-refractivity contribution in [3.8, 4) is 0 Å². The van der Waals surface area contributed by atoms with E-state index in [0.717, 1.165) is 29.8 Å². The fraction of sp³-hybridized carbons (Fsp3) is 1.00. The van der Waals surface area contributed by atoms with Gasteiger partial charge in [-0.05, 0) is 43.9 Å². The molecule has 0 heterocycles. The van der Waals surface area contributed by atoms with Gasteiger partial charge in [-0.1, -0.05) is 52.4 Å². The maximum atomic E-state index is 4.00. The molecule has 0 aromatic heterocycles. The first-order valence-corrected chi connectivity index (χ1v) is 8.44. The summed E-state index contributed by atoms with van der Waals surface area (Å²) in [6, 6.07) is 1.52. The van der Waals surface area contributed by atoms with Crippen LogP contribution in [0.5, 0.6) is 0 Å². The van der Waals surface area contributed by atoms with Gasteiger partial charge in [-0.3, -0.25) is 0 Å². The molecule has 2 fully saturated rings. The van der Waals surface area contributed by atoms with Gasteiger partial charge in [0.2, 0.25) is 0 Å². The second-order valence-corrected chi connectivity index (χ2v) is 7.08. The van der Waals surface area contributed by atoms with Crippen molar-refractivity contribution in [2.75, 3.05) is 0 Å². The minimum Gasteiger partial charge on any atom is -0.311 e. The van der Waals surface area contributed by atoms with E-state index < -0.39 is 0 Å². The molecular weight excluding hydrogens is 218 g/mol. The van der Waals surface area contributed by atoms with E-state index >= 15 is 0 Å². The lowest BCUT2D eigenvalue weighted by Crippen LogP contribution is -2.47. The van der Waals surface area contributed by atoms with Gasteiger partial charge in [0.05, 0.1) is 0 Å². The third-order valence-corrected chi connectivity index (χ3v) is 5.79. The molecule has 0 amide bonds. The first kappa shape index (κ1) is 14.4. The van der Waals surface area contributed by atoms with Crippen LogP contribution in [0.1, 0.15) is 78.6 Å². The first-order valence-electron chi connectivity index (χ1n) is 8.44. The van der Waals surface area contributed by atoms with Crippen LogP contribution in [0.25, 0.3) is 0 Å². The lowest BCUT2D eigenvalue weighted by Gasteiger charge is -2.38. The molecule has 0 saturated heterocycles. The van der Waals surface area contributed by atoms with E-state index in [-0.39, 0.29) is 0 Å². The highest BCUT2D eigenvalue weighted by Gasteiger charge is 2.29. The van der Waals surface area contributed by atoms with Crippen LogP contribution in [0.4, 0.5) is 0 Å². The second kappa shape index (κ2) is 6.93. The van der Waals surface area contributed by atoms with Crippen molar-refractivity contribution in [1.29, 1.82) is 0 Å². The average Bonchev–Trinajstić information content (AvgIpc) is 2.63. The Kier molecular flexibility index (Phi) is 5.54. The SMILES string of the molecule is CC1CCCC(N[C@H](C)C2CCCCCC2)C1C. The van der Waals surface area contributed by atoms with E-state index in [0.29, 0.717) is 0 Å². The van der Waals surface area contributed by atoms with Crippen LogP contribution in [0, 0.1) is 17.8 Å². The van der Waals surface area contributed by atoms with Gasteiger partial charge in [-0.25, -0.2) is 0 Å². The Morgan fingerprint density at radius 1 is 0.833 bits per heavy atom. The monoisotopic (exact) mass is 251 g/mol. The van der Waals surface area contributed by atoms with Crippen LogP contribution in [0.3, 0.4) is 0 Å². The number of hydrogen-bond donors (Lipinski definition) is 1. The van der Waals surface area contributed by atoms with Crippen molar-refractivity contribution in [3.05, 3.63) is 0 Å². The summed E-state index contributed by atoms with van der Waals surface area (Å²) in [7, 11) is 0. The van der Waals surface area contributed by atoms with E-state index in [9.17, 15) is 0 Å². The van der Waals surface area contributed by atoms with Crippen molar-refractivity contribution >= 4 is 0 Å². The maximum Gasteiger partial charge on any atom is 0.00978 e. The molecule has 2 aliphatic carbocycles. The third-order valence-electron chi connectivity index (χ3n) is 5.79. The maximum absolute atomic E-state index is 4.00. The lowest BCUT2D eigenvalue weighted by atomic mass is 9.77. The minimum absolute atomic E-state index is 0.737. The average molecular weight is 251 g/mol. The molecule has 1 nitrogen and oxygen atoms in total. The molecule has 0 bridgehead atoms. The van der Waals surface area contributed by atoms with Gasteiger partial charge < -0.3 is 5.32 Å². The smallest absolute Gasteiger partial charge is 0.00978 e. The second-order valence-electron chi connectivity index (χ2n) is 7.08. The highest BCUT2D eigenvalue weighted by molar-refractivity contribution is 4.86. The zero-order valence-corrected chi connectivity index (χ0v) is 12.8. The van der Waals surface area contributed by atoms with E-state index in [1.807, 2.05) is 0 Å². The molecule has 2 rings (SSSR count). The Morgan fingerprint density at radius 2 is 1.50 bits per heavy atom. The summed E-state index contributed by atoms with van der Waals surface area (Å²) in [6.45, 7) is 7.35. The van der Waals surface area contributed by atoms with Crippen LogP contribution in [-0.4, -0.2) is 12.1 Å². The van der Waals surface area contributed by atoms with Crippen molar-refractivity contribution in [3.63, 3.8) is 0 Å². The standard InChI is InChI=1S/C17H33N/c1-13-9-8-12-17(14(13)2)18-15(3)16-10-6-4-5-7-11-16/h13-18H,4-12H2,1-3H3/t13?,14?,15-,17?/m1/s1. The molecule has 0 aromatic rings. The summed E-state index contributed by atoms with van der Waals surface area (Å²) in [4.78, 5) is 0. The summed E-state index contributed by atoms with van der Waals surface area (Å²) in [5.74, 6) is 2.72. The van der Waals surface area contributed by atoms with Crippen LogP contribution in [-0.2, 0) is 0 Å². The highest BCUT2D eigenvalue weighted by atomic mass is 15.0. The van der Waals surface area contributed by atoms with Crippen molar-refractivity contribution in [1.82, 2.24) is 5.32 Å². The Bertz CT molecular complexity index is 230. The fourth-order valence-corrected chi connectivity index (χ4v) is 4.10. The Morgan fingerprint density at radius 3 is 2.17 bits per heavy atom. The Balaban J connectivity index is 1.83. The van der Waals surface area contributed by atoms with Gasteiger partial charge in [-0.15, -0.1) is 0 Å². The molecule has 0 aliphatic heterocycles. The van der Waals surface area contributed by atoms with Gasteiger partial charge in [0.15, 0.2) is 0 Å². The summed E-state index contributed by atoms with van der Waals surface area (Å²) < 4.78 is 0. The first-order chi connectivity index (χ1) is 8.68. The molecule has 2 aliphatic rings. The molecule has 4 atom stereocenters. The normalized spacial score (nSPS) is 37.2. The molecule has 3 unspecified atom stereocenters. The summed E-state index contributed by atoms with van der Waals surface area (Å²) >= 11 is 0. The highest BCUT2D eigenvalue weighted by Crippen LogP contribution is 2.31. The molecule has 1 N–H and O–H groups in total. The van der Waals surface area contributed by atoms with Gasteiger partial charge >= 0.3 is 0 Å². The van der Waals surface area contributed by atoms with Gasteiger partial charge in [0, 0.05) is 12.1 Å².